The van der Waals surface area contributed by atoms with Crippen LogP contribution in [0.5, 0.6) is 0 Å². The van der Waals surface area contributed by atoms with Crippen LogP contribution >= 0.6 is 11.3 Å². The second-order valence-electron chi connectivity index (χ2n) is 10.0. The van der Waals surface area contributed by atoms with Gasteiger partial charge in [0, 0.05) is 24.0 Å². The molecule has 2 fully saturated rings. The molecule has 1 N–H and O–H groups in total. The van der Waals surface area contributed by atoms with Crippen LogP contribution in [-0.2, 0) is 17.8 Å². The number of hydrogen-bond donors (Lipinski definition) is 1. The Balaban J connectivity index is 1.46. The number of carbonyl (C=O) groups is 2. The van der Waals surface area contributed by atoms with Gasteiger partial charge in [0.2, 0.25) is 5.91 Å². The fraction of sp³-hybridized carbons (Fsp3) is 0.680. The highest BCUT2D eigenvalue weighted by Gasteiger charge is 2.48. The maximum absolute atomic E-state index is 13.8. The number of nitrogens with zero attached hydrogens (tertiary/aromatic N) is 3. The molecule has 32 heavy (non-hydrogen) atoms. The fourth-order valence-corrected chi connectivity index (χ4v) is 6.79. The van der Waals surface area contributed by atoms with Gasteiger partial charge in [0.25, 0.3) is 5.91 Å². The second kappa shape index (κ2) is 8.82. The Kier molecular flexibility index (Phi) is 6.05. The van der Waals surface area contributed by atoms with Crippen LogP contribution in [0.25, 0.3) is 10.2 Å². The first kappa shape index (κ1) is 22.0. The summed E-state index contributed by atoms with van der Waals surface area (Å²) < 4.78 is 3.27. The number of aromatic nitrogens is 1. The zero-order chi connectivity index (χ0) is 22.3. The maximum Gasteiger partial charge on any atom is 0.271 e. The van der Waals surface area contributed by atoms with E-state index in [1.54, 1.807) is 11.3 Å². The lowest BCUT2D eigenvalue weighted by Gasteiger charge is -2.45. The highest BCUT2D eigenvalue weighted by molar-refractivity contribution is 7.19. The van der Waals surface area contributed by atoms with Crippen molar-refractivity contribution >= 4 is 33.4 Å². The Hall–Kier alpha value is -1.86. The third-order valence-corrected chi connectivity index (χ3v) is 9.00. The third-order valence-electron chi connectivity index (χ3n) is 7.78. The molecular weight excluding hydrogens is 420 g/mol. The van der Waals surface area contributed by atoms with Crippen LogP contribution in [-0.4, -0.2) is 63.9 Å². The molecule has 174 valence electrons. The van der Waals surface area contributed by atoms with Crippen LogP contribution in [0.3, 0.4) is 0 Å². The minimum atomic E-state index is -0.873. The average Bonchev–Trinajstić information content (AvgIpc) is 3.51. The molecule has 0 bridgehead atoms. The Morgan fingerprint density at radius 2 is 1.88 bits per heavy atom. The highest BCUT2D eigenvalue weighted by atomic mass is 32.1. The minimum Gasteiger partial charge on any atom is -0.351 e. The number of nitrogens with one attached hydrogen (secondary N) is 1. The molecule has 5 rings (SSSR count). The lowest BCUT2D eigenvalue weighted by atomic mass is 9.91. The zero-order valence-corrected chi connectivity index (χ0v) is 20.3. The van der Waals surface area contributed by atoms with Crippen molar-refractivity contribution in [3.8, 4) is 0 Å². The van der Waals surface area contributed by atoms with Gasteiger partial charge < -0.3 is 19.7 Å². The minimum absolute atomic E-state index is 0.00168. The molecule has 6 nitrogen and oxygen atoms in total. The van der Waals surface area contributed by atoms with Crippen molar-refractivity contribution in [2.75, 3.05) is 26.2 Å². The van der Waals surface area contributed by atoms with E-state index >= 15 is 0 Å². The SMILES string of the molecule is CCc1cc2c(cc3n2C[C@@](C)(C(=O)NC2CCCCC2)N(CCN2CCCC2)C3=O)s1. The van der Waals surface area contributed by atoms with E-state index in [0.29, 0.717) is 13.1 Å². The number of likely N-dealkylation sites (tertiary alicyclic amines) is 1. The van der Waals surface area contributed by atoms with Crippen LogP contribution in [0.2, 0.25) is 0 Å². The van der Waals surface area contributed by atoms with Crippen LogP contribution in [0, 0.1) is 0 Å². The predicted molar refractivity (Wildman–Crippen MR) is 129 cm³/mol. The van der Waals surface area contributed by atoms with Crippen molar-refractivity contribution in [1.82, 2.24) is 19.7 Å². The average molecular weight is 457 g/mol. The van der Waals surface area contributed by atoms with Gasteiger partial charge in [-0.15, -0.1) is 11.3 Å². The molecule has 3 aliphatic rings. The van der Waals surface area contributed by atoms with Crippen molar-refractivity contribution < 1.29 is 9.59 Å². The van der Waals surface area contributed by atoms with E-state index in [1.165, 1.54) is 37.0 Å². The molecule has 0 spiro atoms. The second-order valence-corrected chi connectivity index (χ2v) is 11.2. The predicted octanol–water partition coefficient (Wildman–Crippen LogP) is 4.02. The molecule has 4 heterocycles. The van der Waals surface area contributed by atoms with Crippen molar-refractivity contribution in [2.24, 2.45) is 0 Å². The zero-order valence-electron chi connectivity index (χ0n) is 19.5. The molecule has 7 heteroatoms. The van der Waals surface area contributed by atoms with Crippen LogP contribution in [0.15, 0.2) is 12.1 Å². The Morgan fingerprint density at radius 1 is 1.12 bits per heavy atom. The molecule has 2 aliphatic heterocycles. The van der Waals surface area contributed by atoms with Crippen LogP contribution in [0.4, 0.5) is 0 Å². The quantitative estimate of drug-likeness (QED) is 0.714. The normalized spacial score (nSPS) is 24.9. The topological polar surface area (TPSA) is 57.6 Å². The van der Waals surface area contributed by atoms with Crippen molar-refractivity contribution in [3.05, 3.63) is 22.7 Å². The summed E-state index contributed by atoms with van der Waals surface area (Å²) in [5, 5.41) is 3.34. The monoisotopic (exact) mass is 456 g/mol. The van der Waals surface area contributed by atoms with Crippen molar-refractivity contribution in [1.29, 1.82) is 0 Å². The van der Waals surface area contributed by atoms with E-state index in [0.717, 1.165) is 54.8 Å². The van der Waals surface area contributed by atoms with E-state index < -0.39 is 5.54 Å². The van der Waals surface area contributed by atoms with Crippen LogP contribution in [0.1, 0.15) is 74.2 Å². The van der Waals surface area contributed by atoms with Gasteiger partial charge >= 0.3 is 0 Å². The number of carbonyl (C=O) groups excluding carboxylic acids is 2. The van der Waals surface area contributed by atoms with Crippen LogP contribution < -0.4 is 5.32 Å². The van der Waals surface area contributed by atoms with E-state index in [2.05, 4.69) is 27.8 Å². The van der Waals surface area contributed by atoms with Gasteiger partial charge in [0.05, 0.1) is 16.8 Å². The molecule has 2 aromatic heterocycles. The summed E-state index contributed by atoms with van der Waals surface area (Å²) in [6.07, 6.45) is 9.15. The first-order valence-electron chi connectivity index (χ1n) is 12.5. The maximum atomic E-state index is 13.8. The number of amides is 2. The highest BCUT2D eigenvalue weighted by Crippen LogP contribution is 2.36. The Morgan fingerprint density at radius 3 is 2.59 bits per heavy atom. The van der Waals surface area contributed by atoms with Gasteiger partial charge in [-0.25, -0.2) is 0 Å². The summed E-state index contributed by atoms with van der Waals surface area (Å²) in [6, 6.07) is 4.49. The standard InChI is InChI=1S/C25H36N4O2S/c1-3-19-15-20-22(32-19)16-21-23(30)29(14-13-27-11-7-8-12-27)25(2,17-28(20)21)24(31)26-18-9-5-4-6-10-18/h15-16,18H,3-14,17H2,1-2H3,(H,26,31)/t25-/m0/s1. The third kappa shape index (κ3) is 3.87. The van der Waals surface area contributed by atoms with E-state index in [1.807, 2.05) is 17.9 Å². The Bertz CT molecular complexity index is 999. The van der Waals surface area contributed by atoms with Crippen molar-refractivity contribution in [3.63, 3.8) is 0 Å². The Labute approximate surface area is 194 Å². The lowest BCUT2D eigenvalue weighted by molar-refractivity contribution is -0.133. The summed E-state index contributed by atoms with van der Waals surface area (Å²) in [5.41, 5.74) is 0.964. The van der Waals surface area contributed by atoms with Crippen molar-refractivity contribution in [2.45, 2.75) is 83.3 Å². The number of fused-ring (bicyclic) bond motifs is 3. The van der Waals surface area contributed by atoms with E-state index in [9.17, 15) is 9.59 Å². The summed E-state index contributed by atoms with van der Waals surface area (Å²) in [5.74, 6) is 0.0100. The van der Waals surface area contributed by atoms with E-state index in [4.69, 9.17) is 0 Å². The smallest absolute Gasteiger partial charge is 0.271 e. The largest absolute Gasteiger partial charge is 0.351 e. The van der Waals surface area contributed by atoms with Gasteiger partial charge in [-0.05, 0) is 64.3 Å². The molecular formula is C25H36N4O2S. The first-order valence-corrected chi connectivity index (χ1v) is 13.3. The summed E-state index contributed by atoms with van der Waals surface area (Å²) in [6.45, 7) is 8.30. The van der Waals surface area contributed by atoms with Gasteiger partial charge in [-0.3, -0.25) is 9.59 Å². The lowest BCUT2D eigenvalue weighted by Crippen LogP contribution is -2.65. The fourth-order valence-electron chi connectivity index (χ4n) is 5.75. The number of hydrogen-bond acceptors (Lipinski definition) is 4. The van der Waals surface area contributed by atoms with E-state index in [-0.39, 0.29) is 17.9 Å². The molecule has 2 aromatic rings. The first-order chi connectivity index (χ1) is 15.5. The molecule has 0 unspecified atom stereocenters. The summed E-state index contributed by atoms with van der Waals surface area (Å²) in [4.78, 5) is 33.1. The number of rotatable bonds is 6. The molecule has 2 amide bonds. The molecule has 1 saturated heterocycles. The van der Waals surface area contributed by atoms with Gasteiger partial charge in [0.1, 0.15) is 11.2 Å². The number of aryl methyl sites for hydroxylation is 1. The van der Waals surface area contributed by atoms with Gasteiger partial charge in [0.15, 0.2) is 0 Å². The van der Waals surface area contributed by atoms with Gasteiger partial charge in [-0.1, -0.05) is 26.2 Å². The summed E-state index contributed by atoms with van der Waals surface area (Å²) in [7, 11) is 0. The molecule has 1 atom stereocenters. The molecule has 0 radical (unpaired) electrons. The molecule has 1 aliphatic carbocycles. The van der Waals surface area contributed by atoms with Gasteiger partial charge in [-0.2, -0.15) is 0 Å². The molecule has 0 aromatic carbocycles. The summed E-state index contributed by atoms with van der Waals surface area (Å²) >= 11 is 1.76. The number of thiophene rings is 1. The molecule has 1 saturated carbocycles.